The van der Waals surface area contributed by atoms with Crippen LogP contribution in [0.5, 0.6) is 5.75 Å². The van der Waals surface area contributed by atoms with Crippen molar-refractivity contribution in [1.82, 2.24) is 5.32 Å². The zero-order valence-corrected chi connectivity index (χ0v) is 11.4. The Morgan fingerprint density at radius 1 is 1.19 bits per heavy atom. The van der Waals surface area contributed by atoms with E-state index in [1.165, 1.54) is 0 Å². The number of carbonyl (C=O) groups excluding carboxylic acids is 1. The molecule has 104 valence electrons. The third-order valence-electron chi connectivity index (χ3n) is 3.54. The van der Waals surface area contributed by atoms with Gasteiger partial charge in [0.1, 0.15) is 5.75 Å². The van der Waals surface area contributed by atoms with Crippen LogP contribution in [0.15, 0.2) is 48.5 Å². The first-order chi connectivity index (χ1) is 10.3. The normalized spacial score (nSPS) is 16.2. The average Bonchev–Trinajstić information content (AvgIpc) is 2.55. The zero-order valence-electron chi connectivity index (χ0n) is 11.4. The second kappa shape index (κ2) is 5.68. The molecule has 21 heavy (non-hydrogen) atoms. The van der Waals surface area contributed by atoms with Gasteiger partial charge < -0.3 is 10.1 Å². The molecule has 0 radical (unpaired) electrons. The SMILES string of the molecule is N#Cc1ccc(C(=O)N[C@H]2CCOc3ccccc32)cc1. The van der Waals surface area contributed by atoms with E-state index in [4.69, 9.17) is 10.00 Å². The average molecular weight is 278 g/mol. The molecule has 3 rings (SSSR count). The van der Waals surface area contributed by atoms with Gasteiger partial charge in [-0.05, 0) is 30.3 Å². The molecule has 1 heterocycles. The highest BCUT2D eigenvalue weighted by Crippen LogP contribution is 2.31. The molecular weight excluding hydrogens is 264 g/mol. The lowest BCUT2D eigenvalue weighted by atomic mass is 10.00. The molecule has 4 heteroatoms. The second-order valence-corrected chi connectivity index (χ2v) is 4.89. The number of para-hydroxylation sites is 1. The minimum absolute atomic E-state index is 0.0434. The quantitative estimate of drug-likeness (QED) is 0.918. The van der Waals surface area contributed by atoms with Crippen molar-refractivity contribution in [3.05, 3.63) is 65.2 Å². The summed E-state index contributed by atoms with van der Waals surface area (Å²) in [6.07, 6.45) is 0.749. The standard InChI is InChI=1S/C17H14N2O2/c18-11-12-5-7-13(8-6-12)17(20)19-15-9-10-21-16-4-2-1-3-14(15)16/h1-8,15H,9-10H2,(H,19,20)/t15-/m0/s1. The van der Waals surface area contributed by atoms with E-state index in [0.29, 0.717) is 17.7 Å². The molecule has 0 aromatic heterocycles. The highest BCUT2D eigenvalue weighted by Gasteiger charge is 2.22. The number of carbonyl (C=O) groups is 1. The molecule has 0 saturated carbocycles. The van der Waals surface area contributed by atoms with Crippen LogP contribution in [-0.2, 0) is 0 Å². The molecule has 2 aromatic rings. The third-order valence-corrected chi connectivity index (χ3v) is 3.54. The molecular formula is C17H14N2O2. The Bertz CT molecular complexity index is 701. The van der Waals surface area contributed by atoms with Gasteiger partial charge in [-0.2, -0.15) is 5.26 Å². The topological polar surface area (TPSA) is 62.1 Å². The van der Waals surface area contributed by atoms with Crippen LogP contribution in [0.3, 0.4) is 0 Å². The van der Waals surface area contributed by atoms with Gasteiger partial charge in [0, 0.05) is 17.5 Å². The number of nitriles is 1. The van der Waals surface area contributed by atoms with Gasteiger partial charge in [0.05, 0.1) is 24.3 Å². The van der Waals surface area contributed by atoms with E-state index in [-0.39, 0.29) is 11.9 Å². The zero-order chi connectivity index (χ0) is 14.7. The van der Waals surface area contributed by atoms with Crippen molar-refractivity contribution < 1.29 is 9.53 Å². The van der Waals surface area contributed by atoms with Gasteiger partial charge >= 0.3 is 0 Å². The number of nitrogens with zero attached hydrogens (tertiary/aromatic N) is 1. The molecule has 1 amide bonds. The summed E-state index contributed by atoms with van der Waals surface area (Å²) in [6.45, 7) is 0.593. The molecule has 2 aromatic carbocycles. The van der Waals surface area contributed by atoms with Gasteiger partial charge in [0.15, 0.2) is 0 Å². The van der Waals surface area contributed by atoms with Crippen LogP contribution in [0.25, 0.3) is 0 Å². The smallest absolute Gasteiger partial charge is 0.251 e. The van der Waals surface area contributed by atoms with E-state index in [2.05, 4.69) is 5.32 Å². The van der Waals surface area contributed by atoms with E-state index >= 15 is 0 Å². The van der Waals surface area contributed by atoms with Crippen LogP contribution in [-0.4, -0.2) is 12.5 Å². The van der Waals surface area contributed by atoms with Crippen molar-refractivity contribution in [2.45, 2.75) is 12.5 Å². The Kier molecular flexibility index (Phi) is 3.57. The number of benzene rings is 2. The molecule has 0 spiro atoms. The molecule has 0 unspecified atom stereocenters. The molecule has 1 atom stereocenters. The van der Waals surface area contributed by atoms with E-state index in [9.17, 15) is 4.79 Å². The number of fused-ring (bicyclic) bond motifs is 1. The summed E-state index contributed by atoms with van der Waals surface area (Å²) in [5, 5.41) is 11.8. The van der Waals surface area contributed by atoms with Gasteiger partial charge in [-0.25, -0.2) is 0 Å². The van der Waals surface area contributed by atoms with Crippen molar-refractivity contribution in [1.29, 1.82) is 5.26 Å². The van der Waals surface area contributed by atoms with Crippen LogP contribution in [0.4, 0.5) is 0 Å². The molecule has 1 aliphatic rings. The lowest BCUT2D eigenvalue weighted by molar-refractivity contribution is 0.0925. The predicted octanol–water partition coefficient (Wildman–Crippen LogP) is 2.81. The fourth-order valence-electron chi connectivity index (χ4n) is 2.43. The number of ether oxygens (including phenoxy) is 1. The fourth-order valence-corrected chi connectivity index (χ4v) is 2.43. The summed E-state index contributed by atoms with van der Waals surface area (Å²) >= 11 is 0. The van der Waals surface area contributed by atoms with Crippen molar-refractivity contribution in [3.8, 4) is 11.8 Å². The lowest BCUT2D eigenvalue weighted by Crippen LogP contribution is -2.32. The van der Waals surface area contributed by atoms with E-state index in [0.717, 1.165) is 17.7 Å². The van der Waals surface area contributed by atoms with Crippen molar-refractivity contribution in [2.24, 2.45) is 0 Å². The Balaban J connectivity index is 1.78. The lowest BCUT2D eigenvalue weighted by Gasteiger charge is -2.26. The maximum absolute atomic E-state index is 12.3. The minimum atomic E-state index is -0.138. The van der Waals surface area contributed by atoms with E-state index in [1.807, 2.05) is 30.3 Å². The molecule has 0 aliphatic carbocycles. The number of hydrogen-bond donors (Lipinski definition) is 1. The van der Waals surface area contributed by atoms with Gasteiger partial charge in [0.25, 0.3) is 5.91 Å². The van der Waals surface area contributed by atoms with E-state index < -0.39 is 0 Å². The summed E-state index contributed by atoms with van der Waals surface area (Å²) in [7, 11) is 0. The Morgan fingerprint density at radius 2 is 1.95 bits per heavy atom. The summed E-state index contributed by atoms with van der Waals surface area (Å²) in [5.41, 5.74) is 2.10. The van der Waals surface area contributed by atoms with Gasteiger partial charge in [0.2, 0.25) is 0 Å². The van der Waals surface area contributed by atoms with E-state index in [1.54, 1.807) is 24.3 Å². The first-order valence-corrected chi connectivity index (χ1v) is 6.80. The molecule has 0 fully saturated rings. The molecule has 0 bridgehead atoms. The minimum Gasteiger partial charge on any atom is -0.493 e. The van der Waals surface area contributed by atoms with Crippen molar-refractivity contribution in [3.63, 3.8) is 0 Å². The molecule has 1 aliphatic heterocycles. The number of rotatable bonds is 2. The Morgan fingerprint density at radius 3 is 2.71 bits per heavy atom. The fraction of sp³-hybridized carbons (Fsp3) is 0.176. The summed E-state index contributed by atoms with van der Waals surface area (Å²) in [5.74, 6) is 0.690. The van der Waals surface area contributed by atoms with Crippen molar-refractivity contribution >= 4 is 5.91 Å². The predicted molar refractivity (Wildman–Crippen MR) is 77.9 cm³/mol. The summed E-state index contributed by atoms with van der Waals surface area (Å²) in [6, 6.07) is 16.4. The number of nitrogens with one attached hydrogen (secondary N) is 1. The number of hydrogen-bond acceptors (Lipinski definition) is 3. The molecule has 4 nitrogen and oxygen atoms in total. The van der Waals surface area contributed by atoms with Gasteiger partial charge in [-0.1, -0.05) is 18.2 Å². The third kappa shape index (κ3) is 2.72. The highest BCUT2D eigenvalue weighted by atomic mass is 16.5. The Labute approximate surface area is 123 Å². The Hall–Kier alpha value is -2.80. The maximum Gasteiger partial charge on any atom is 0.251 e. The van der Waals surface area contributed by atoms with Gasteiger partial charge in [-0.3, -0.25) is 4.79 Å². The monoisotopic (exact) mass is 278 g/mol. The molecule has 0 saturated heterocycles. The largest absolute Gasteiger partial charge is 0.493 e. The first kappa shape index (κ1) is 13.2. The summed E-state index contributed by atoms with van der Waals surface area (Å²) in [4.78, 5) is 12.3. The van der Waals surface area contributed by atoms with Crippen molar-refractivity contribution in [2.75, 3.05) is 6.61 Å². The summed E-state index contributed by atoms with van der Waals surface area (Å²) < 4.78 is 5.58. The van der Waals surface area contributed by atoms with Crippen LogP contribution < -0.4 is 10.1 Å². The second-order valence-electron chi connectivity index (χ2n) is 4.89. The number of amides is 1. The van der Waals surface area contributed by atoms with Crippen LogP contribution in [0.2, 0.25) is 0 Å². The first-order valence-electron chi connectivity index (χ1n) is 6.80. The van der Waals surface area contributed by atoms with Crippen LogP contribution in [0, 0.1) is 11.3 Å². The van der Waals surface area contributed by atoms with Crippen LogP contribution in [0.1, 0.15) is 33.9 Å². The highest BCUT2D eigenvalue weighted by molar-refractivity contribution is 5.94. The van der Waals surface area contributed by atoms with Gasteiger partial charge in [-0.15, -0.1) is 0 Å². The molecule has 1 N–H and O–H groups in total. The maximum atomic E-state index is 12.3. The van der Waals surface area contributed by atoms with Crippen LogP contribution >= 0.6 is 0 Å².